The zero-order valence-electron chi connectivity index (χ0n) is 10.7. The summed E-state index contributed by atoms with van der Waals surface area (Å²) in [6.07, 6.45) is 0.544. The Morgan fingerprint density at radius 2 is 1.85 bits per heavy atom. The standard InChI is InChI=1S/C13H13BrFNO2S2/c1-16(9-8-10-2-4-11(15)5-3-10)20(17,18)13-7-6-12(14)19-13/h2-7H,8-9H2,1H3. The Labute approximate surface area is 130 Å². The van der Waals surface area contributed by atoms with Gasteiger partial charge < -0.3 is 0 Å². The highest BCUT2D eigenvalue weighted by atomic mass is 79.9. The first-order valence-corrected chi connectivity index (χ1v) is 8.90. The minimum absolute atomic E-state index is 0.293. The van der Waals surface area contributed by atoms with Crippen molar-refractivity contribution < 1.29 is 12.8 Å². The van der Waals surface area contributed by atoms with Crippen molar-refractivity contribution in [2.75, 3.05) is 13.6 Å². The molecular weight excluding hydrogens is 365 g/mol. The Morgan fingerprint density at radius 3 is 2.40 bits per heavy atom. The Balaban J connectivity index is 2.04. The largest absolute Gasteiger partial charge is 0.252 e. The molecule has 0 spiro atoms. The molecule has 0 unspecified atom stereocenters. The van der Waals surface area contributed by atoms with Crippen LogP contribution in [-0.4, -0.2) is 26.3 Å². The molecule has 0 bridgehead atoms. The summed E-state index contributed by atoms with van der Waals surface area (Å²) in [6, 6.07) is 9.37. The summed E-state index contributed by atoms with van der Waals surface area (Å²) in [5.41, 5.74) is 0.904. The fourth-order valence-electron chi connectivity index (χ4n) is 1.65. The van der Waals surface area contributed by atoms with E-state index in [1.807, 2.05) is 0 Å². The van der Waals surface area contributed by atoms with Crippen LogP contribution in [0.25, 0.3) is 0 Å². The van der Waals surface area contributed by atoms with Crippen molar-refractivity contribution in [1.29, 1.82) is 0 Å². The Morgan fingerprint density at radius 1 is 1.20 bits per heavy atom. The van der Waals surface area contributed by atoms with E-state index in [4.69, 9.17) is 0 Å². The molecule has 3 nitrogen and oxygen atoms in total. The van der Waals surface area contributed by atoms with Gasteiger partial charge in [-0.3, -0.25) is 0 Å². The maximum absolute atomic E-state index is 12.8. The van der Waals surface area contributed by atoms with Crippen LogP contribution in [0.4, 0.5) is 4.39 Å². The Kier molecular flexibility index (Phi) is 4.95. The number of benzene rings is 1. The summed E-state index contributed by atoms with van der Waals surface area (Å²) < 4.78 is 39.7. The number of nitrogens with zero attached hydrogens (tertiary/aromatic N) is 1. The lowest BCUT2D eigenvalue weighted by atomic mass is 10.1. The molecule has 0 N–H and O–H groups in total. The molecule has 0 atom stereocenters. The second-order valence-electron chi connectivity index (χ2n) is 4.26. The second-order valence-corrected chi connectivity index (χ2v) is 9.00. The molecule has 108 valence electrons. The molecule has 0 aliphatic carbocycles. The Hall–Kier alpha value is -0.760. The van der Waals surface area contributed by atoms with Crippen LogP contribution in [0.15, 0.2) is 44.4 Å². The normalized spacial score (nSPS) is 12.0. The van der Waals surface area contributed by atoms with Crippen molar-refractivity contribution >= 4 is 37.3 Å². The van der Waals surface area contributed by atoms with Gasteiger partial charge in [-0.1, -0.05) is 12.1 Å². The predicted molar refractivity (Wildman–Crippen MR) is 81.9 cm³/mol. The van der Waals surface area contributed by atoms with Crippen molar-refractivity contribution in [1.82, 2.24) is 4.31 Å². The van der Waals surface area contributed by atoms with Crippen LogP contribution in [0.1, 0.15) is 5.56 Å². The maximum atomic E-state index is 12.8. The fourth-order valence-corrected chi connectivity index (χ4v) is 5.04. The van der Waals surface area contributed by atoms with Gasteiger partial charge >= 0.3 is 0 Å². The first-order chi connectivity index (χ1) is 9.39. The minimum Gasteiger partial charge on any atom is -0.207 e. The summed E-state index contributed by atoms with van der Waals surface area (Å²) in [6.45, 7) is 0.351. The molecule has 7 heteroatoms. The summed E-state index contributed by atoms with van der Waals surface area (Å²) in [5, 5.41) is 0. The number of hydrogen-bond acceptors (Lipinski definition) is 3. The van der Waals surface area contributed by atoms with E-state index in [2.05, 4.69) is 15.9 Å². The number of sulfonamides is 1. The lowest BCUT2D eigenvalue weighted by Crippen LogP contribution is -2.28. The van der Waals surface area contributed by atoms with Gasteiger partial charge in [0.15, 0.2) is 0 Å². The van der Waals surface area contributed by atoms with Crippen molar-refractivity contribution in [3.05, 3.63) is 51.6 Å². The highest BCUT2D eigenvalue weighted by Crippen LogP contribution is 2.27. The van der Waals surface area contributed by atoms with Crippen LogP contribution in [0.2, 0.25) is 0 Å². The molecule has 0 aliphatic rings. The maximum Gasteiger partial charge on any atom is 0.252 e. The van der Waals surface area contributed by atoms with E-state index in [1.54, 1.807) is 31.3 Å². The number of hydrogen-bond donors (Lipinski definition) is 0. The Bertz CT molecular complexity index is 683. The van der Waals surface area contributed by atoms with Gasteiger partial charge in [0.1, 0.15) is 10.0 Å². The van der Waals surface area contributed by atoms with Crippen LogP contribution >= 0.6 is 27.3 Å². The monoisotopic (exact) mass is 377 g/mol. The molecule has 0 saturated heterocycles. The van der Waals surface area contributed by atoms with Gasteiger partial charge in [0.05, 0.1) is 3.79 Å². The van der Waals surface area contributed by atoms with E-state index in [0.717, 1.165) is 9.35 Å². The van der Waals surface area contributed by atoms with Gasteiger partial charge in [-0.2, -0.15) is 4.31 Å². The zero-order valence-corrected chi connectivity index (χ0v) is 13.9. The molecule has 0 amide bonds. The number of thiophene rings is 1. The number of halogens is 2. The average molecular weight is 378 g/mol. The van der Waals surface area contributed by atoms with Crippen molar-refractivity contribution in [3.63, 3.8) is 0 Å². The first-order valence-electron chi connectivity index (χ1n) is 5.86. The smallest absolute Gasteiger partial charge is 0.207 e. The van der Waals surface area contributed by atoms with Gasteiger partial charge in [-0.25, -0.2) is 12.8 Å². The van der Waals surface area contributed by atoms with E-state index < -0.39 is 10.0 Å². The lowest BCUT2D eigenvalue weighted by Gasteiger charge is -2.15. The van der Waals surface area contributed by atoms with Crippen LogP contribution < -0.4 is 0 Å². The molecule has 20 heavy (non-hydrogen) atoms. The van der Waals surface area contributed by atoms with Gasteiger partial charge in [0.25, 0.3) is 10.0 Å². The minimum atomic E-state index is -3.45. The quantitative estimate of drug-likeness (QED) is 0.799. The molecular formula is C13H13BrFNO2S2. The molecule has 2 aromatic rings. The SMILES string of the molecule is CN(CCc1ccc(F)cc1)S(=O)(=O)c1ccc(Br)s1. The third kappa shape index (κ3) is 3.66. The number of likely N-dealkylation sites (N-methyl/N-ethyl adjacent to an activating group) is 1. The molecule has 0 aliphatic heterocycles. The van der Waals surface area contributed by atoms with E-state index in [-0.39, 0.29) is 5.82 Å². The molecule has 1 aromatic heterocycles. The van der Waals surface area contributed by atoms with Gasteiger partial charge in [-0.05, 0) is 52.2 Å². The predicted octanol–water partition coefficient (Wildman–Crippen LogP) is 3.51. The molecule has 0 saturated carbocycles. The van der Waals surface area contributed by atoms with Crippen LogP contribution in [0.5, 0.6) is 0 Å². The van der Waals surface area contributed by atoms with Crippen molar-refractivity contribution in [3.8, 4) is 0 Å². The highest BCUT2D eigenvalue weighted by molar-refractivity contribution is 9.11. The number of rotatable bonds is 5. The third-order valence-electron chi connectivity index (χ3n) is 2.84. The van der Waals surface area contributed by atoms with E-state index in [1.165, 1.54) is 27.8 Å². The lowest BCUT2D eigenvalue weighted by molar-refractivity contribution is 0.474. The molecule has 2 rings (SSSR count). The van der Waals surface area contributed by atoms with Crippen LogP contribution in [-0.2, 0) is 16.4 Å². The van der Waals surface area contributed by atoms with E-state index in [9.17, 15) is 12.8 Å². The second kappa shape index (κ2) is 6.34. The molecule has 1 heterocycles. The van der Waals surface area contributed by atoms with E-state index in [0.29, 0.717) is 17.2 Å². The van der Waals surface area contributed by atoms with Gasteiger partial charge in [0.2, 0.25) is 0 Å². The summed E-state index contributed by atoms with van der Waals surface area (Å²) in [5.74, 6) is -0.293. The highest BCUT2D eigenvalue weighted by Gasteiger charge is 2.22. The molecule has 1 aromatic carbocycles. The zero-order chi connectivity index (χ0) is 14.8. The van der Waals surface area contributed by atoms with Crippen LogP contribution in [0.3, 0.4) is 0 Å². The van der Waals surface area contributed by atoms with Gasteiger partial charge in [0, 0.05) is 13.6 Å². The molecule has 0 radical (unpaired) electrons. The van der Waals surface area contributed by atoms with E-state index >= 15 is 0 Å². The van der Waals surface area contributed by atoms with Crippen LogP contribution in [0, 0.1) is 5.82 Å². The summed E-state index contributed by atoms with van der Waals surface area (Å²) >= 11 is 4.44. The van der Waals surface area contributed by atoms with Crippen molar-refractivity contribution in [2.24, 2.45) is 0 Å². The summed E-state index contributed by atoms with van der Waals surface area (Å²) in [4.78, 5) is 0. The summed E-state index contributed by atoms with van der Waals surface area (Å²) in [7, 11) is -1.90. The fraction of sp³-hybridized carbons (Fsp3) is 0.231. The topological polar surface area (TPSA) is 37.4 Å². The van der Waals surface area contributed by atoms with Gasteiger partial charge in [-0.15, -0.1) is 11.3 Å². The molecule has 0 fully saturated rings. The average Bonchev–Trinajstić information content (AvgIpc) is 2.85. The van der Waals surface area contributed by atoms with Crippen molar-refractivity contribution in [2.45, 2.75) is 10.6 Å². The first kappa shape index (κ1) is 15.6. The third-order valence-corrected chi connectivity index (χ3v) is 6.79.